The summed E-state index contributed by atoms with van der Waals surface area (Å²) in [6, 6.07) is 27.0. The van der Waals surface area contributed by atoms with Crippen LogP contribution in [0, 0.1) is 0 Å². The second kappa shape index (κ2) is 11.6. The highest BCUT2D eigenvalue weighted by Gasteiger charge is 2.41. The Morgan fingerprint density at radius 1 is 0.927 bits per heavy atom. The van der Waals surface area contributed by atoms with Gasteiger partial charge in [-0.25, -0.2) is 0 Å². The van der Waals surface area contributed by atoms with E-state index in [9.17, 15) is 13.2 Å². The van der Waals surface area contributed by atoms with Crippen molar-refractivity contribution in [1.29, 1.82) is 0 Å². The number of tetrazole rings is 1. The van der Waals surface area contributed by atoms with Crippen LogP contribution in [-0.4, -0.2) is 68.8 Å². The van der Waals surface area contributed by atoms with Crippen LogP contribution in [0.4, 0.5) is 13.2 Å². The van der Waals surface area contributed by atoms with Gasteiger partial charge in [0.05, 0.1) is 12.8 Å². The molecule has 2 atom stereocenters. The normalized spacial score (nSPS) is 20.2. The highest BCUT2D eigenvalue weighted by molar-refractivity contribution is 5.44. The SMILES string of the molecule is COc1ccc(-n2nnnc2C(F)(F)F)cc1CN1C[C@@H]2CCCCN2[C@H](C(c2ccccc2)c2ccccc2)C1. The van der Waals surface area contributed by atoms with Crippen LogP contribution in [0.15, 0.2) is 78.9 Å². The summed E-state index contributed by atoms with van der Waals surface area (Å²) in [7, 11) is 1.58. The van der Waals surface area contributed by atoms with E-state index in [1.165, 1.54) is 24.0 Å². The van der Waals surface area contributed by atoms with Gasteiger partial charge in [0.15, 0.2) is 0 Å². The van der Waals surface area contributed by atoms with Gasteiger partial charge in [-0.3, -0.25) is 9.80 Å². The first-order chi connectivity index (χ1) is 19.9. The lowest BCUT2D eigenvalue weighted by Crippen LogP contribution is -2.61. The Hall–Kier alpha value is -3.76. The average Bonchev–Trinajstić information content (AvgIpc) is 3.50. The Bertz CT molecular complexity index is 1410. The van der Waals surface area contributed by atoms with E-state index in [2.05, 4.69) is 86.0 Å². The van der Waals surface area contributed by atoms with Crippen LogP contribution in [0.25, 0.3) is 5.69 Å². The molecule has 0 bridgehead atoms. The van der Waals surface area contributed by atoms with Crippen LogP contribution in [0.1, 0.15) is 47.7 Å². The number of halogens is 3. The molecule has 10 heteroatoms. The number of piperidine rings is 1. The quantitative estimate of drug-likeness (QED) is 0.294. The summed E-state index contributed by atoms with van der Waals surface area (Å²) in [6.07, 6.45) is -1.16. The Morgan fingerprint density at radius 2 is 1.63 bits per heavy atom. The average molecular weight is 563 g/mol. The van der Waals surface area contributed by atoms with Gasteiger partial charge in [0.1, 0.15) is 5.75 Å². The number of methoxy groups -OCH3 is 1. The number of alkyl halides is 3. The van der Waals surface area contributed by atoms with E-state index in [4.69, 9.17) is 4.74 Å². The van der Waals surface area contributed by atoms with Crippen molar-refractivity contribution < 1.29 is 17.9 Å². The van der Waals surface area contributed by atoms with Crippen molar-refractivity contribution in [2.45, 2.75) is 50.0 Å². The Labute approximate surface area is 237 Å². The molecule has 3 heterocycles. The molecule has 0 unspecified atom stereocenters. The van der Waals surface area contributed by atoms with Gasteiger partial charge in [-0.2, -0.15) is 17.9 Å². The van der Waals surface area contributed by atoms with Crippen LogP contribution in [0.3, 0.4) is 0 Å². The molecule has 0 aliphatic carbocycles. The standard InChI is InChI=1S/C31H33F3N6O/c1-41-28-16-15-25(40-30(31(32,33)34)35-36-37-40)18-24(28)19-38-20-26-14-8-9-17-39(26)27(21-38)29(22-10-4-2-5-11-22)23-12-6-3-7-13-23/h2-7,10-13,15-16,18,26-27,29H,8-9,14,17,19-21H2,1H3/t26-,27-/m0/s1. The summed E-state index contributed by atoms with van der Waals surface area (Å²) in [4.78, 5) is 5.14. The van der Waals surface area contributed by atoms with Crippen molar-refractivity contribution in [3.8, 4) is 11.4 Å². The lowest BCUT2D eigenvalue weighted by Gasteiger charge is -2.52. The minimum atomic E-state index is -4.67. The monoisotopic (exact) mass is 562 g/mol. The van der Waals surface area contributed by atoms with Gasteiger partial charge >= 0.3 is 6.18 Å². The highest BCUT2D eigenvalue weighted by atomic mass is 19.4. The van der Waals surface area contributed by atoms with Gasteiger partial charge in [0.25, 0.3) is 5.82 Å². The zero-order valence-corrected chi connectivity index (χ0v) is 22.9. The predicted molar refractivity (Wildman–Crippen MR) is 149 cm³/mol. The summed E-state index contributed by atoms with van der Waals surface area (Å²) in [5.74, 6) is -0.344. The van der Waals surface area contributed by atoms with Crippen LogP contribution in [0.2, 0.25) is 0 Å². The van der Waals surface area contributed by atoms with Crippen LogP contribution >= 0.6 is 0 Å². The zero-order valence-electron chi connectivity index (χ0n) is 22.9. The van der Waals surface area contributed by atoms with E-state index < -0.39 is 12.0 Å². The third-order valence-electron chi connectivity index (χ3n) is 8.34. The largest absolute Gasteiger partial charge is 0.496 e. The maximum Gasteiger partial charge on any atom is 0.453 e. The number of fused-ring (bicyclic) bond motifs is 1. The first-order valence-electron chi connectivity index (χ1n) is 14.0. The molecule has 4 aromatic rings. The van der Waals surface area contributed by atoms with E-state index in [-0.39, 0.29) is 17.6 Å². The molecule has 3 aromatic carbocycles. The molecule has 0 N–H and O–H groups in total. The van der Waals surface area contributed by atoms with Gasteiger partial charge in [-0.05, 0) is 59.1 Å². The summed E-state index contributed by atoms with van der Waals surface area (Å²) in [5.41, 5.74) is 3.62. The fraction of sp³-hybridized carbons (Fsp3) is 0.387. The molecule has 0 amide bonds. The maximum absolute atomic E-state index is 13.5. The van der Waals surface area contributed by atoms with Gasteiger partial charge in [-0.1, -0.05) is 67.1 Å². The highest BCUT2D eigenvalue weighted by Crippen LogP contribution is 2.38. The predicted octanol–water partition coefficient (Wildman–Crippen LogP) is 5.56. The molecule has 7 nitrogen and oxygen atoms in total. The fourth-order valence-corrected chi connectivity index (χ4v) is 6.58. The number of hydrogen-bond acceptors (Lipinski definition) is 6. The number of hydrogen-bond donors (Lipinski definition) is 0. The first kappa shape index (κ1) is 27.4. The van der Waals surface area contributed by atoms with Crippen LogP contribution in [0.5, 0.6) is 5.75 Å². The second-order valence-corrected chi connectivity index (χ2v) is 10.9. The third kappa shape index (κ3) is 5.71. The van der Waals surface area contributed by atoms with E-state index in [0.717, 1.165) is 36.3 Å². The van der Waals surface area contributed by atoms with E-state index in [1.54, 1.807) is 25.3 Å². The molecule has 2 fully saturated rings. The Balaban J connectivity index is 1.35. The number of nitrogens with zero attached hydrogens (tertiary/aromatic N) is 6. The molecule has 2 aliphatic heterocycles. The summed E-state index contributed by atoms with van der Waals surface area (Å²) in [6.45, 7) is 3.31. The topological polar surface area (TPSA) is 59.3 Å². The molecule has 2 aliphatic rings. The Morgan fingerprint density at radius 3 is 2.29 bits per heavy atom. The molecule has 0 spiro atoms. The van der Waals surface area contributed by atoms with Crippen molar-refractivity contribution in [3.63, 3.8) is 0 Å². The second-order valence-electron chi connectivity index (χ2n) is 10.9. The van der Waals surface area contributed by atoms with E-state index >= 15 is 0 Å². The molecule has 2 saturated heterocycles. The van der Waals surface area contributed by atoms with Crippen LogP contribution in [-0.2, 0) is 12.7 Å². The maximum atomic E-state index is 13.5. The lowest BCUT2D eigenvalue weighted by molar-refractivity contribution is -0.146. The molecule has 214 valence electrons. The number of rotatable bonds is 7. The van der Waals surface area contributed by atoms with Crippen molar-refractivity contribution in [1.82, 2.24) is 30.0 Å². The Kier molecular flexibility index (Phi) is 7.77. The smallest absolute Gasteiger partial charge is 0.453 e. The number of benzene rings is 3. The van der Waals surface area contributed by atoms with Crippen LogP contribution < -0.4 is 4.74 Å². The molecule has 41 heavy (non-hydrogen) atoms. The third-order valence-corrected chi connectivity index (χ3v) is 8.34. The number of piperazine rings is 1. The van der Waals surface area contributed by atoms with E-state index in [1.807, 2.05) is 0 Å². The van der Waals surface area contributed by atoms with Gasteiger partial charge < -0.3 is 4.74 Å². The first-order valence-corrected chi connectivity index (χ1v) is 14.0. The van der Waals surface area contributed by atoms with E-state index in [0.29, 0.717) is 18.3 Å². The molecule has 6 rings (SSSR count). The molecular formula is C31H33F3N6O. The van der Waals surface area contributed by atoms with Crippen molar-refractivity contribution in [2.75, 3.05) is 26.7 Å². The zero-order chi connectivity index (χ0) is 28.4. The summed E-state index contributed by atoms with van der Waals surface area (Å²) in [5, 5.41) is 10.1. The van der Waals surface area contributed by atoms with Crippen molar-refractivity contribution >= 4 is 0 Å². The molecule has 0 radical (unpaired) electrons. The van der Waals surface area contributed by atoms with Gasteiger partial charge in [0, 0.05) is 43.2 Å². The van der Waals surface area contributed by atoms with Crippen molar-refractivity contribution in [2.24, 2.45) is 0 Å². The number of aromatic nitrogens is 4. The lowest BCUT2D eigenvalue weighted by atomic mass is 9.80. The molecule has 1 aromatic heterocycles. The van der Waals surface area contributed by atoms with Gasteiger partial charge in [-0.15, -0.1) is 5.10 Å². The fourth-order valence-electron chi connectivity index (χ4n) is 6.58. The van der Waals surface area contributed by atoms with Crippen molar-refractivity contribution in [3.05, 3.63) is 101 Å². The van der Waals surface area contributed by atoms with Gasteiger partial charge in [0.2, 0.25) is 0 Å². The molecular weight excluding hydrogens is 529 g/mol. The molecule has 0 saturated carbocycles. The summed E-state index contributed by atoms with van der Waals surface area (Å²) < 4.78 is 47.0. The number of ether oxygens (including phenoxy) is 1. The minimum Gasteiger partial charge on any atom is -0.496 e. The minimum absolute atomic E-state index is 0.185. The summed E-state index contributed by atoms with van der Waals surface area (Å²) >= 11 is 0.